The summed E-state index contributed by atoms with van der Waals surface area (Å²) >= 11 is 0. The summed E-state index contributed by atoms with van der Waals surface area (Å²) in [5.41, 5.74) is 25.1. The number of fused-ring (bicyclic) bond motifs is 6. The first kappa shape index (κ1) is 46.4. The molecule has 0 unspecified atom stereocenters. The topological polar surface area (TPSA) is 9.72 Å². The van der Waals surface area contributed by atoms with Crippen LogP contribution in [0.1, 0.15) is 155 Å². The van der Waals surface area contributed by atoms with Crippen LogP contribution in [-0.4, -0.2) is 6.71 Å². The lowest BCUT2D eigenvalue weighted by atomic mass is 9.33. The van der Waals surface area contributed by atoms with Gasteiger partial charge in [0.2, 0.25) is 0 Å². The Kier molecular flexibility index (Phi) is 10.3. The summed E-state index contributed by atoms with van der Waals surface area (Å²) in [4.78, 5) is 7.81. The first-order valence-corrected chi connectivity index (χ1v) is 26.1. The highest BCUT2D eigenvalue weighted by atomic mass is 15.2. The van der Waals surface area contributed by atoms with Gasteiger partial charge in [0, 0.05) is 45.5 Å². The van der Waals surface area contributed by atoms with Crippen molar-refractivity contribution in [2.24, 2.45) is 0 Å². The zero-order valence-corrected chi connectivity index (χ0v) is 44.8. The minimum Gasteiger partial charge on any atom is -0.311 e. The second-order valence-corrected chi connectivity index (χ2v) is 26.2. The van der Waals surface area contributed by atoms with Gasteiger partial charge in [-0.1, -0.05) is 170 Å². The molecule has 2 aliphatic carbocycles. The minimum absolute atomic E-state index is 0.00848. The lowest BCUT2D eigenvalue weighted by Gasteiger charge is -2.48. The van der Waals surface area contributed by atoms with E-state index < -0.39 is 0 Å². The molecule has 0 saturated carbocycles. The molecule has 7 aromatic carbocycles. The predicted octanol–water partition coefficient (Wildman–Crippen LogP) is 16.5. The van der Waals surface area contributed by atoms with E-state index in [1.165, 1.54) is 89.5 Å². The summed E-state index contributed by atoms with van der Waals surface area (Å²) in [7, 11) is 0. The van der Waals surface area contributed by atoms with E-state index in [0.717, 1.165) is 36.3 Å². The highest BCUT2D eigenvalue weighted by Gasteiger charge is 2.49. The lowest BCUT2D eigenvalue weighted by molar-refractivity contribution is 0.332. The molecule has 4 heteroatoms. The predicted molar refractivity (Wildman–Crippen MR) is 303 cm³/mol. The van der Waals surface area contributed by atoms with Crippen molar-refractivity contribution in [2.75, 3.05) is 14.7 Å². The van der Waals surface area contributed by atoms with Crippen LogP contribution >= 0.6 is 0 Å². The van der Waals surface area contributed by atoms with Crippen LogP contribution in [0.4, 0.5) is 51.2 Å². The smallest absolute Gasteiger partial charge is 0.252 e. The van der Waals surface area contributed by atoms with Crippen molar-refractivity contribution in [3.05, 3.63) is 178 Å². The summed E-state index contributed by atoms with van der Waals surface area (Å²) in [5, 5.41) is 0. The van der Waals surface area contributed by atoms with Gasteiger partial charge in [-0.25, -0.2) is 0 Å². The van der Waals surface area contributed by atoms with E-state index in [4.69, 9.17) is 0 Å². The Bertz CT molecular complexity index is 3180. The first-order chi connectivity index (χ1) is 32.9. The van der Waals surface area contributed by atoms with Crippen molar-refractivity contribution >= 4 is 74.3 Å². The van der Waals surface area contributed by atoms with Crippen LogP contribution in [0.25, 0.3) is 0 Å². The fraction of sp³-hybridized carbons (Fsp3) is 0.364. The SMILES string of the molecule is Cc1cc2c(cc1N1c3cc4c(cc3B3c5cc(C(C)(C)C)ccc5N(c5ccc(C(C)(C)C)cc5)c5cc(N(c6ccccc6)c6ccccc6)cc1c53)C(C)(C)CCC4(C)C)C(C)(C)CC2(C)C. The quantitative estimate of drug-likeness (QED) is 0.159. The number of benzene rings is 7. The number of anilines is 9. The molecule has 0 atom stereocenters. The third-order valence-electron chi connectivity index (χ3n) is 17.1. The summed E-state index contributed by atoms with van der Waals surface area (Å²) < 4.78 is 0. The number of para-hydroxylation sites is 2. The van der Waals surface area contributed by atoms with E-state index in [0.29, 0.717) is 0 Å². The molecule has 356 valence electrons. The zero-order chi connectivity index (χ0) is 49.7. The molecule has 4 aliphatic rings. The van der Waals surface area contributed by atoms with Crippen LogP contribution in [0, 0.1) is 6.92 Å². The van der Waals surface area contributed by atoms with Gasteiger partial charge in [0.25, 0.3) is 6.71 Å². The van der Waals surface area contributed by atoms with E-state index in [-0.39, 0.29) is 39.2 Å². The van der Waals surface area contributed by atoms with Crippen LogP contribution in [0.15, 0.2) is 140 Å². The van der Waals surface area contributed by atoms with Gasteiger partial charge < -0.3 is 14.7 Å². The maximum atomic E-state index is 2.73. The molecular weight excluding hydrogens is 846 g/mol. The molecule has 0 saturated heterocycles. The third-order valence-corrected chi connectivity index (χ3v) is 17.1. The minimum atomic E-state index is -0.0411. The van der Waals surface area contributed by atoms with Crippen LogP contribution in [0.5, 0.6) is 0 Å². The van der Waals surface area contributed by atoms with Gasteiger partial charge in [-0.05, 0) is 181 Å². The van der Waals surface area contributed by atoms with Crippen molar-refractivity contribution in [3.8, 4) is 0 Å². The van der Waals surface area contributed by atoms with E-state index in [9.17, 15) is 0 Å². The molecule has 3 nitrogen and oxygen atoms in total. The Balaban J connectivity index is 1.32. The van der Waals surface area contributed by atoms with Crippen LogP contribution in [0.2, 0.25) is 0 Å². The number of hydrogen-bond donors (Lipinski definition) is 0. The number of hydrogen-bond acceptors (Lipinski definition) is 3. The van der Waals surface area contributed by atoms with Crippen molar-refractivity contribution in [1.29, 1.82) is 0 Å². The standard InChI is InChI=1S/C66H74BN3/c1-42-34-49-52(66(14,15)41-65(49,12)13)39-56(42)70-57-40-51-50(63(8,9)32-33-64(51,10)11)38-54(57)67-53-35-44(62(5,6)7)28-31-55(53)69(47-29-26-43(27-30-47)61(2,3)4)58-36-48(37-59(70)60(58)67)68(45-22-18-16-19-23-45)46-24-20-17-21-25-46/h16-31,34-40H,32-33,41H2,1-15H3. The molecule has 70 heavy (non-hydrogen) atoms. The van der Waals surface area contributed by atoms with Crippen LogP contribution in [-0.2, 0) is 32.5 Å². The maximum absolute atomic E-state index is 2.73. The van der Waals surface area contributed by atoms with Gasteiger partial charge >= 0.3 is 0 Å². The Labute approximate surface area is 421 Å². The lowest BCUT2D eigenvalue weighted by Crippen LogP contribution is -2.62. The van der Waals surface area contributed by atoms with Crippen molar-refractivity contribution in [3.63, 3.8) is 0 Å². The van der Waals surface area contributed by atoms with Crippen LogP contribution in [0.3, 0.4) is 0 Å². The normalized spacial score (nSPS) is 17.8. The van der Waals surface area contributed by atoms with Gasteiger partial charge in [-0.15, -0.1) is 0 Å². The summed E-state index contributed by atoms with van der Waals surface area (Å²) in [6.07, 6.45) is 3.45. The van der Waals surface area contributed by atoms with E-state index in [1.807, 2.05) is 0 Å². The van der Waals surface area contributed by atoms with Crippen LogP contribution < -0.4 is 31.1 Å². The first-order valence-electron chi connectivity index (χ1n) is 26.1. The molecule has 0 N–H and O–H groups in total. The Morgan fingerprint density at radius 3 is 1.46 bits per heavy atom. The van der Waals surface area contributed by atoms with Gasteiger partial charge in [0.05, 0.1) is 5.69 Å². The highest BCUT2D eigenvalue weighted by molar-refractivity contribution is 7.00. The average Bonchev–Trinajstić information content (AvgIpc) is 3.48. The number of rotatable bonds is 5. The molecule has 7 aromatic rings. The van der Waals surface area contributed by atoms with Gasteiger partial charge in [-0.2, -0.15) is 0 Å². The van der Waals surface area contributed by atoms with Crippen molar-refractivity contribution in [1.82, 2.24) is 0 Å². The second kappa shape index (κ2) is 15.5. The molecule has 0 fully saturated rings. The molecule has 2 aliphatic heterocycles. The van der Waals surface area contributed by atoms with E-state index in [2.05, 4.69) is 258 Å². The van der Waals surface area contributed by atoms with Gasteiger partial charge in [0.15, 0.2) is 0 Å². The van der Waals surface area contributed by atoms with E-state index in [1.54, 1.807) is 0 Å². The molecule has 11 rings (SSSR count). The molecular formula is C66H74BN3. The Morgan fingerprint density at radius 1 is 0.429 bits per heavy atom. The molecule has 0 radical (unpaired) electrons. The monoisotopic (exact) mass is 920 g/mol. The average molecular weight is 920 g/mol. The van der Waals surface area contributed by atoms with Crippen molar-refractivity contribution < 1.29 is 0 Å². The summed E-state index contributed by atoms with van der Waals surface area (Å²) in [6, 6.07) is 54.4. The van der Waals surface area contributed by atoms with Gasteiger partial charge in [0.1, 0.15) is 0 Å². The zero-order valence-electron chi connectivity index (χ0n) is 44.8. The Hall–Kier alpha value is -6.00. The van der Waals surface area contributed by atoms with Crippen molar-refractivity contribution in [2.45, 2.75) is 156 Å². The largest absolute Gasteiger partial charge is 0.311 e. The fourth-order valence-corrected chi connectivity index (χ4v) is 13.2. The molecule has 0 spiro atoms. The molecule has 0 bridgehead atoms. The molecule has 2 heterocycles. The second-order valence-electron chi connectivity index (χ2n) is 26.2. The number of nitrogens with zero attached hydrogens (tertiary/aromatic N) is 3. The number of aryl methyl sites for hydroxylation is 1. The summed E-state index contributed by atoms with van der Waals surface area (Å²) in [6.45, 7) is 36.2. The molecule has 0 amide bonds. The Morgan fingerprint density at radius 2 is 0.900 bits per heavy atom. The highest BCUT2D eigenvalue weighted by Crippen LogP contribution is 2.55. The summed E-state index contributed by atoms with van der Waals surface area (Å²) in [5.74, 6) is 0. The molecule has 0 aromatic heterocycles. The third kappa shape index (κ3) is 7.28. The van der Waals surface area contributed by atoms with E-state index >= 15 is 0 Å². The fourth-order valence-electron chi connectivity index (χ4n) is 13.2. The van der Waals surface area contributed by atoms with Gasteiger partial charge in [-0.3, -0.25) is 0 Å². The maximum Gasteiger partial charge on any atom is 0.252 e.